The molecule has 0 aliphatic carbocycles. The van der Waals surface area contributed by atoms with E-state index in [1.54, 1.807) is 6.07 Å². The quantitative estimate of drug-likeness (QED) is 0.363. The fraction of sp³-hybridized carbons (Fsp3) is 0.357. The van der Waals surface area contributed by atoms with Gasteiger partial charge in [0.25, 0.3) is 0 Å². The molecule has 0 bridgehead atoms. The molecule has 3 aromatic rings. The summed E-state index contributed by atoms with van der Waals surface area (Å²) in [7, 11) is 0. The van der Waals surface area contributed by atoms with E-state index in [9.17, 15) is 9.59 Å². The Morgan fingerprint density at radius 1 is 1.14 bits per heavy atom. The van der Waals surface area contributed by atoms with Gasteiger partial charge < -0.3 is 19.2 Å². The molecule has 1 aromatic heterocycles. The molecule has 0 unspecified atom stereocenters. The van der Waals surface area contributed by atoms with E-state index in [4.69, 9.17) is 13.9 Å². The first-order chi connectivity index (χ1) is 16.9. The van der Waals surface area contributed by atoms with Crippen LogP contribution in [0.3, 0.4) is 0 Å². The van der Waals surface area contributed by atoms with Gasteiger partial charge in [0, 0.05) is 48.8 Å². The summed E-state index contributed by atoms with van der Waals surface area (Å²) in [4.78, 5) is 27.5. The number of fused-ring (bicyclic) bond motifs is 1. The molecule has 0 spiro atoms. The Morgan fingerprint density at radius 2 is 1.89 bits per heavy atom. The number of hydrogen-bond donors (Lipinski definition) is 1. The van der Waals surface area contributed by atoms with E-state index in [1.165, 1.54) is 5.56 Å². The van der Waals surface area contributed by atoms with Crippen LogP contribution in [0.1, 0.15) is 30.0 Å². The second-order valence-corrected chi connectivity index (χ2v) is 9.03. The Labute approximate surface area is 205 Å². The van der Waals surface area contributed by atoms with Gasteiger partial charge in [-0.1, -0.05) is 18.7 Å². The molecule has 35 heavy (non-hydrogen) atoms. The van der Waals surface area contributed by atoms with Crippen LogP contribution >= 0.6 is 0 Å². The number of benzene rings is 2. The average molecular weight is 477 g/mol. The summed E-state index contributed by atoms with van der Waals surface area (Å²) >= 11 is 0. The number of amides is 1. The highest BCUT2D eigenvalue weighted by molar-refractivity contribution is 5.91. The normalized spacial score (nSPS) is 14.1. The van der Waals surface area contributed by atoms with Gasteiger partial charge in [0.05, 0.1) is 13.2 Å². The lowest BCUT2D eigenvalue weighted by Gasteiger charge is -2.26. The van der Waals surface area contributed by atoms with Crippen molar-refractivity contribution in [1.82, 2.24) is 4.90 Å². The van der Waals surface area contributed by atoms with Crippen LogP contribution in [0.15, 0.2) is 63.8 Å². The molecule has 1 saturated heterocycles. The molecule has 1 amide bonds. The van der Waals surface area contributed by atoms with E-state index in [1.807, 2.05) is 50.2 Å². The van der Waals surface area contributed by atoms with Crippen molar-refractivity contribution in [3.8, 4) is 5.75 Å². The third-order valence-corrected chi connectivity index (χ3v) is 6.09. The van der Waals surface area contributed by atoms with Gasteiger partial charge in [-0.15, -0.1) is 0 Å². The van der Waals surface area contributed by atoms with Gasteiger partial charge in [-0.05, 0) is 61.2 Å². The maximum Gasteiger partial charge on any atom is 0.339 e. The maximum atomic E-state index is 12.6. The van der Waals surface area contributed by atoms with Crippen molar-refractivity contribution in [2.24, 2.45) is 0 Å². The molecule has 1 aliphatic rings. The van der Waals surface area contributed by atoms with Crippen molar-refractivity contribution in [2.45, 2.75) is 33.2 Å². The predicted molar refractivity (Wildman–Crippen MR) is 137 cm³/mol. The monoisotopic (exact) mass is 476 g/mol. The highest BCUT2D eigenvalue weighted by Gasteiger charge is 2.15. The zero-order valence-corrected chi connectivity index (χ0v) is 20.4. The lowest BCUT2D eigenvalue weighted by Crippen LogP contribution is -2.35. The summed E-state index contributed by atoms with van der Waals surface area (Å²) in [6.45, 7) is 12.3. The number of nitrogens with one attached hydrogen (secondary N) is 1. The lowest BCUT2D eigenvalue weighted by molar-refractivity contribution is -0.116. The van der Waals surface area contributed by atoms with E-state index in [0.29, 0.717) is 29.9 Å². The summed E-state index contributed by atoms with van der Waals surface area (Å²) in [5.74, 6) is 0.472. The summed E-state index contributed by atoms with van der Waals surface area (Å²) in [5, 5.41) is 3.75. The summed E-state index contributed by atoms with van der Waals surface area (Å²) < 4.78 is 16.6. The largest absolute Gasteiger partial charge is 0.489 e. The topological polar surface area (TPSA) is 81.0 Å². The van der Waals surface area contributed by atoms with E-state index in [2.05, 4.69) is 16.8 Å². The number of rotatable bonds is 9. The molecule has 0 saturated carbocycles. The highest BCUT2D eigenvalue weighted by atomic mass is 16.5. The minimum absolute atomic E-state index is 0.145. The first kappa shape index (κ1) is 24.7. The molecule has 2 heterocycles. The zero-order valence-electron chi connectivity index (χ0n) is 20.4. The molecule has 7 nitrogen and oxygen atoms in total. The number of morpholine rings is 1. The number of aryl methyl sites for hydroxylation is 1. The SMILES string of the molecule is C=C(C)COc1ccc2c(C)c(CCC(=O)Nc3ccc(CN4CCOCC4)cc3)c(=O)oc2c1. The van der Waals surface area contributed by atoms with Crippen molar-refractivity contribution in [2.75, 3.05) is 38.2 Å². The van der Waals surface area contributed by atoms with E-state index < -0.39 is 5.63 Å². The van der Waals surface area contributed by atoms with E-state index in [-0.39, 0.29) is 12.3 Å². The third kappa shape index (κ3) is 6.59. The van der Waals surface area contributed by atoms with Gasteiger partial charge in [0.2, 0.25) is 5.91 Å². The van der Waals surface area contributed by atoms with Gasteiger partial charge in [0.1, 0.15) is 17.9 Å². The number of carbonyl (C=O) groups excluding carboxylic acids is 1. The standard InChI is InChI=1S/C28H32N2O5/c1-19(2)18-34-23-8-9-24-20(3)25(28(32)35-26(24)16-23)10-11-27(31)29-22-6-4-21(5-7-22)17-30-12-14-33-15-13-30/h4-9,16H,1,10-15,17-18H2,2-3H3,(H,29,31). The summed E-state index contributed by atoms with van der Waals surface area (Å²) in [5.41, 5.74) is 4.23. The average Bonchev–Trinajstić information content (AvgIpc) is 2.84. The van der Waals surface area contributed by atoms with E-state index in [0.717, 1.165) is 55.1 Å². The summed E-state index contributed by atoms with van der Waals surface area (Å²) in [6.07, 6.45) is 0.491. The molecule has 0 atom stereocenters. The van der Waals surface area contributed by atoms with Crippen LogP contribution in [-0.4, -0.2) is 43.7 Å². The van der Waals surface area contributed by atoms with Crippen LogP contribution < -0.4 is 15.7 Å². The molecule has 0 radical (unpaired) electrons. The van der Waals surface area contributed by atoms with Crippen LogP contribution in [-0.2, 0) is 22.5 Å². The van der Waals surface area contributed by atoms with Crippen molar-refractivity contribution >= 4 is 22.6 Å². The van der Waals surface area contributed by atoms with Crippen molar-refractivity contribution in [3.05, 3.63) is 81.7 Å². The predicted octanol–water partition coefficient (Wildman–Crippen LogP) is 4.46. The fourth-order valence-corrected chi connectivity index (χ4v) is 4.13. The number of nitrogens with zero attached hydrogens (tertiary/aromatic N) is 1. The van der Waals surface area contributed by atoms with Crippen LogP contribution in [0.25, 0.3) is 11.0 Å². The molecule has 1 fully saturated rings. The molecule has 7 heteroatoms. The third-order valence-electron chi connectivity index (χ3n) is 6.09. The molecule has 4 rings (SSSR count). The Bertz CT molecular complexity index is 1260. The van der Waals surface area contributed by atoms with Crippen molar-refractivity contribution in [3.63, 3.8) is 0 Å². The highest BCUT2D eigenvalue weighted by Crippen LogP contribution is 2.25. The maximum absolute atomic E-state index is 12.6. The number of carbonyl (C=O) groups is 1. The van der Waals surface area contributed by atoms with Crippen LogP contribution in [0, 0.1) is 6.92 Å². The smallest absolute Gasteiger partial charge is 0.339 e. The lowest BCUT2D eigenvalue weighted by atomic mass is 10.0. The van der Waals surface area contributed by atoms with Gasteiger partial charge >= 0.3 is 5.63 Å². The molecule has 1 aliphatic heterocycles. The van der Waals surface area contributed by atoms with Crippen LogP contribution in [0.4, 0.5) is 5.69 Å². The zero-order chi connectivity index (χ0) is 24.8. The number of ether oxygens (including phenoxy) is 2. The number of anilines is 1. The van der Waals surface area contributed by atoms with Gasteiger partial charge in [-0.3, -0.25) is 9.69 Å². The van der Waals surface area contributed by atoms with Crippen LogP contribution in [0.5, 0.6) is 5.75 Å². The molecule has 184 valence electrons. The Balaban J connectivity index is 1.36. The Kier molecular flexibility index (Phi) is 8.00. The Hall–Kier alpha value is -3.42. The molecular weight excluding hydrogens is 444 g/mol. The summed E-state index contributed by atoms with van der Waals surface area (Å²) in [6, 6.07) is 13.3. The fourth-order valence-electron chi connectivity index (χ4n) is 4.13. The second kappa shape index (κ2) is 11.3. The first-order valence-electron chi connectivity index (χ1n) is 11.9. The second-order valence-electron chi connectivity index (χ2n) is 9.03. The molecule has 2 aromatic carbocycles. The van der Waals surface area contributed by atoms with Crippen LogP contribution in [0.2, 0.25) is 0 Å². The van der Waals surface area contributed by atoms with Gasteiger partial charge in [0.15, 0.2) is 0 Å². The van der Waals surface area contributed by atoms with Gasteiger partial charge in [-0.25, -0.2) is 4.79 Å². The Morgan fingerprint density at radius 3 is 2.60 bits per heavy atom. The minimum Gasteiger partial charge on any atom is -0.489 e. The van der Waals surface area contributed by atoms with Crippen molar-refractivity contribution in [1.29, 1.82) is 0 Å². The first-order valence-corrected chi connectivity index (χ1v) is 11.9. The van der Waals surface area contributed by atoms with E-state index >= 15 is 0 Å². The molecular formula is C28H32N2O5. The van der Waals surface area contributed by atoms with Gasteiger partial charge in [-0.2, -0.15) is 0 Å². The minimum atomic E-state index is -0.424. The molecule has 1 N–H and O–H groups in total. The number of hydrogen-bond acceptors (Lipinski definition) is 6. The van der Waals surface area contributed by atoms with Crippen molar-refractivity contribution < 1.29 is 18.7 Å².